The molecule has 2 rings (SSSR count). The zero-order chi connectivity index (χ0) is 15.9. The summed E-state index contributed by atoms with van der Waals surface area (Å²) in [6, 6.07) is 11.4. The Kier molecular flexibility index (Phi) is 5.67. The highest BCUT2D eigenvalue weighted by atomic mass is 16.1. The number of nitrogens with two attached hydrogens (primary N) is 1. The average molecular weight is 297 g/mol. The van der Waals surface area contributed by atoms with Gasteiger partial charge in [0, 0.05) is 37.0 Å². The van der Waals surface area contributed by atoms with E-state index in [4.69, 9.17) is 5.73 Å². The molecule has 1 unspecified atom stereocenters. The molecule has 1 aromatic carbocycles. The van der Waals surface area contributed by atoms with Crippen LogP contribution in [0.1, 0.15) is 41.3 Å². The standard InChI is InChI=1S/C18H23N3O/c1-13(2)17(16-4-3-9-20-11-16)12-21-18(22)15-7-5-14(10-19)6-8-15/h3-9,11,13,17H,10,12,19H2,1-2H3,(H,21,22). The monoisotopic (exact) mass is 297 g/mol. The molecule has 0 aliphatic rings. The van der Waals surface area contributed by atoms with Crippen molar-refractivity contribution in [3.63, 3.8) is 0 Å². The average Bonchev–Trinajstić information content (AvgIpc) is 2.55. The lowest BCUT2D eigenvalue weighted by Crippen LogP contribution is -2.30. The van der Waals surface area contributed by atoms with Crippen LogP contribution < -0.4 is 11.1 Å². The molecule has 2 aromatic rings. The second kappa shape index (κ2) is 7.71. The van der Waals surface area contributed by atoms with Crippen molar-refractivity contribution in [1.82, 2.24) is 10.3 Å². The van der Waals surface area contributed by atoms with Gasteiger partial charge < -0.3 is 11.1 Å². The highest BCUT2D eigenvalue weighted by Gasteiger charge is 2.17. The number of rotatable bonds is 6. The van der Waals surface area contributed by atoms with Crippen LogP contribution in [0.2, 0.25) is 0 Å². The fraction of sp³-hybridized carbons (Fsp3) is 0.333. The first-order valence-corrected chi connectivity index (χ1v) is 7.59. The van der Waals surface area contributed by atoms with Gasteiger partial charge in [-0.1, -0.05) is 32.0 Å². The van der Waals surface area contributed by atoms with Gasteiger partial charge in [-0.15, -0.1) is 0 Å². The Morgan fingerprint density at radius 1 is 1.23 bits per heavy atom. The van der Waals surface area contributed by atoms with Crippen molar-refractivity contribution < 1.29 is 4.79 Å². The summed E-state index contributed by atoms with van der Waals surface area (Å²) in [5.74, 6) is 0.614. The molecule has 3 N–H and O–H groups in total. The number of amides is 1. The van der Waals surface area contributed by atoms with E-state index in [1.54, 1.807) is 6.20 Å². The third kappa shape index (κ3) is 4.15. The molecule has 0 fully saturated rings. The Labute approximate surface area is 131 Å². The van der Waals surface area contributed by atoms with Gasteiger partial charge in [-0.25, -0.2) is 0 Å². The fourth-order valence-corrected chi connectivity index (χ4v) is 2.43. The number of carbonyl (C=O) groups excluding carboxylic acids is 1. The molecule has 22 heavy (non-hydrogen) atoms. The van der Waals surface area contributed by atoms with Crippen molar-refractivity contribution in [2.24, 2.45) is 11.7 Å². The maximum absolute atomic E-state index is 12.2. The van der Waals surface area contributed by atoms with Crippen molar-refractivity contribution >= 4 is 5.91 Å². The molecule has 0 saturated heterocycles. The second-order valence-electron chi connectivity index (χ2n) is 5.75. The van der Waals surface area contributed by atoms with E-state index in [0.717, 1.165) is 11.1 Å². The maximum Gasteiger partial charge on any atom is 0.251 e. The molecule has 4 nitrogen and oxygen atoms in total. The number of benzene rings is 1. The summed E-state index contributed by atoms with van der Waals surface area (Å²) in [5.41, 5.74) is 8.39. The molecule has 0 spiro atoms. The van der Waals surface area contributed by atoms with E-state index >= 15 is 0 Å². The lowest BCUT2D eigenvalue weighted by Gasteiger charge is -2.21. The molecular formula is C18H23N3O. The van der Waals surface area contributed by atoms with Crippen molar-refractivity contribution in [3.05, 3.63) is 65.5 Å². The Hall–Kier alpha value is -2.20. The third-order valence-corrected chi connectivity index (χ3v) is 3.85. The molecule has 116 valence electrons. The molecule has 1 amide bonds. The van der Waals surface area contributed by atoms with Gasteiger partial charge in [-0.2, -0.15) is 0 Å². The topological polar surface area (TPSA) is 68.0 Å². The molecule has 0 aliphatic heterocycles. The lowest BCUT2D eigenvalue weighted by atomic mass is 9.89. The van der Waals surface area contributed by atoms with Gasteiger partial charge >= 0.3 is 0 Å². The molecule has 4 heteroatoms. The van der Waals surface area contributed by atoms with Gasteiger partial charge in [0.05, 0.1) is 0 Å². The quantitative estimate of drug-likeness (QED) is 0.861. The predicted octanol–water partition coefficient (Wildman–Crippen LogP) is 2.71. The van der Waals surface area contributed by atoms with Gasteiger partial charge in [0.25, 0.3) is 5.91 Å². The largest absolute Gasteiger partial charge is 0.351 e. The van der Waals surface area contributed by atoms with Gasteiger partial charge in [0.15, 0.2) is 0 Å². The van der Waals surface area contributed by atoms with Crippen LogP contribution in [-0.2, 0) is 6.54 Å². The summed E-state index contributed by atoms with van der Waals surface area (Å²) in [5, 5.41) is 3.02. The lowest BCUT2D eigenvalue weighted by molar-refractivity contribution is 0.0949. The third-order valence-electron chi connectivity index (χ3n) is 3.85. The fourth-order valence-electron chi connectivity index (χ4n) is 2.43. The Morgan fingerprint density at radius 3 is 2.50 bits per heavy atom. The number of hydrogen-bond donors (Lipinski definition) is 2. The normalized spacial score (nSPS) is 12.2. The molecule has 1 atom stereocenters. The highest BCUT2D eigenvalue weighted by molar-refractivity contribution is 5.94. The van der Waals surface area contributed by atoms with Gasteiger partial charge in [-0.3, -0.25) is 9.78 Å². The smallest absolute Gasteiger partial charge is 0.251 e. The molecular weight excluding hydrogens is 274 g/mol. The molecule has 0 radical (unpaired) electrons. The van der Waals surface area contributed by atoms with Crippen LogP contribution in [0.25, 0.3) is 0 Å². The summed E-state index contributed by atoms with van der Waals surface area (Å²) in [7, 11) is 0. The minimum atomic E-state index is -0.0573. The summed E-state index contributed by atoms with van der Waals surface area (Å²) in [4.78, 5) is 16.4. The number of nitrogens with zero attached hydrogens (tertiary/aromatic N) is 1. The predicted molar refractivity (Wildman–Crippen MR) is 88.5 cm³/mol. The maximum atomic E-state index is 12.2. The van der Waals surface area contributed by atoms with Crippen LogP contribution in [0, 0.1) is 5.92 Å². The molecule has 0 saturated carbocycles. The van der Waals surface area contributed by atoms with Crippen LogP contribution in [0.15, 0.2) is 48.8 Å². The van der Waals surface area contributed by atoms with Crippen molar-refractivity contribution in [2.75, 3.05) is 6.54 Å². The summed E-state index contributed by atoms with van der Waals surface area (Å²) < 4.78 is 0. The SMILES string of the molecule is CC(C)C(CNC(=O)c1ccc(CN)cc1)c1cccnc1. The van der Waals surface area contributed by atoms with E-state index in [1.165, 1.54) is 0 Å². The first-order chi connectivity index (χ1) is 10.6. The van der Waals surface area contributed by atoms with Gasteiger partial charge in [0.1, 0.15) is 0 Å². The van der Waals surface area contributed by atoms with Crippen molar-refractivity contribution in [3.8, 4) is 0 Å². The van der Waals surface area contributed by atoms with E-state index in [9.17, 15) is 4.79 Å². The van der Waals surface area contributed by atoms with E-state index in [0.29, 0.717) is 24.6 Å². The highest BCUT2D eigenvalue weighted by Crippen LogP contribution is 2.22. The van der Waals surface area contributed by atoms with E-state index in [2.05, 4.69) is 30.2 Å². The zero-order valence-electron chi connectivity index (χ0n) is 13.1. The van der Waals surface area contributed by atoms with Crippen molar-refractivity contribution in [1.29, 1.82) is 0 Å². The first kappa shape index (κ1) is 16.2. The molecule has 0 aliphatic carbocycles. The van der Waals surface area contributed by atoms with Gasteiger partial charge in [-0.05, 0) is 35.2 Å². The van der Waals surface area contributed by atoms with Crippen LogP contribution >= 0.6 is 0 Å². The number of nitrogens with one attached hydrogen (secondary N) is 1. The number of pyridine rings is 1. The van der Waals surface area contributed by atoms with Crippen LogP contribution in [0.3, 0.4) is 0 Å². The minimum Gasteiger partial charge on any atom is -0.351 e. The zero-order valence-corrected chi connectivity index (χ0v) is 13.1. The summed E-state index contributed by atoms with van der Waals surface area (Å²) >= 11 is 0. The summed E-state index contributed by atoms with van der Waals surface area (Å²) in [6.45, 7) is 5.39. The van der Waals surface area contributed by atoms with Crippen LogP contribution in [-0.4, -0.2) is 17.4 Å². The van der Waals surface area contributed by atoms with E-state index in [-0.39, 0.29) is 11.8 Å². The minimum absolute atomic E-state index is 0.0573. The molecule has 1 heterocycles. The molecule has 1 aromatic heterocycles. The Morgan fingerprint density at radius 2 is 1.95 bits per heavy atom. The van der Waals surface area contributed by atoms with Crippen LogP contribution in [0.5, 0.6) is 0 Å². The number of hydrogen-bond acceptors (Lipinski definition) is 3. The Bertz CT molecular complexity index is 593. The van der Waals surface area contributed by atoms with Gasteiger partial charge in [0.2, 0.25) is 0 Å². The summed E-state index contributed by atoms with van der Waals surface area (Å²) in [6.07, 6.45) is 3.63. The second-order valence-corrected chi connectivity index (χ2v) is 5.75. The van der Waals surface area contributed by atoms with Crippen LogP contribution in [0.4, 0.5) is 0 Å². The molecule has 0 bridgehead atoms. The first-order valence-electron chi connectivity index (χ1n) is 7.59. The van der Waals surface area contributed by atoms with Crippen molar-refractivity contribution in [2.45, 2.75) is 26.3 Å². The van der Waals surface area contributed by atoms with E-state index in [1.807, 2.05) is 36.5 Å². The number of aromatic nitrogens is 1. The Balaban J connectivity index is 2.01. The van der Waals surface area contributed by atoms with E-state index < -0.39 is 0 Å². The number of carbonyl (C=O) groups is 1.